The summed E-state index contributed by atoms with van der Waals surface area (Å²) < 4.78 is 5.67. The number of nitrogen functional groups attached to an aromatic ring is 1. The highest BCUT2D eigenvalue weighted by molar-refractivity contribution is 6.04. The molecule has 0 radical (unpaired) electrons. The van der Waals surface area contributed by atoms with Crippen LogP contribution in [0.25, 0.3) is 22.1 Å². The van der Waals surface area contributed by atoms with E-state index >= 15 is 0 Å². The van der Waals surface area contributed by atoms with Gasteiger partial charge < -0.3 is 15.5 Å². The Bertz CT molecular complexity index is 809. The molecule has 0 saturated heterocycles. The lowest BCUT2D eigenvalue weighted by atomic mass is 10.2. The van der Waals surface area contributed by atoms with Crippen molar-refractivity contribution < 1.29 is 4.74 Å². The Balaban J connectivity index is 2.15. The van der Waals surface area contributed by atoms with Crippen LogP contribution >= 0.6 is 0 Å². The number of aromatic amines is 1. The van der Waals surface area contributed by atoms with Gasteiger partial charge >= 0.3 is 0 Å². The minimum absolute atomic E-state index is 0.0708. The van der Waals surface area contributed by atoms with E-state index in [0.717, 1.165) is 47.2 Å². The summed E-state index contributed by atoms with van der Waals surface area (Å²) in [7, 11) is 0. The van der Waals surface area contributed by atoms with E-state index in [-0.39, 0.29) is 6.10 Å². The van der Waals surface area contributed by atoms with E-state index in [0.29, 0.717) is 11.7 Å². The number of nitrogens with two attached hydrogens (primary N) is 1. The summed E-state index contributed by atoms with van der Waals surface area (Å²) in [5.74, 6) is 1.96. The summed E-state index contributed by atoms with van der Waals surface area (Å²) in [4.78, 5) is 16.9. The maximum atomic E-state index is 6.04. The number of pyridine rings is 2. The Kier molecular flexibility index (Phi) is 3.83. The summed E-state index contributed by atoms with van der Waals surface area (Å²) in [5.41, 5.74) is 9.02. The Morgan fingerprint density at radius 3 is 2.73 bits per heavy atom. The molecular formula is C16H21N5O. The minimum Gasteiger partial charge on any atom is -0.475 e. The fourth-order valence-corrected chi connectivity index (χ4v) is 2.43. The maximum Gasteiger partial charge on any atom is 0.214 e. The predicted octanol–water partition coefficient (Wildman–Crippen LogP) is 3.22. The highest BCUT2D eigenvalue weighted by atomic mass is 16.5. The molecule has 3 aromatic heterocycles. The Labute approximate surface area is 129 Å². The topological polar surface area (TPSA) is 89.7 Å². The number of anilines is 1. The van der Waals surface area contributed by atoms with E-state index in [2.05, 4.69) is 26.9 Å². The number of hydrogen-bond acceptors (Lipinski definition) is 5. The number of hydrogen-bond donors (Lipinski definition) is 2. The molecule has 116 valence electrons. The molecule has 22 heavy (non-hydrogen) atoms. The van der Waals surface area contributed by atoms with Gasteiger partial charge in [-0.15, -0.1) is 0 Å². The van der Waals surface area contributed by atoms with Gasteiger partial charge in [0.05, 0.1) is 11.6 Å². The van der Waals surface area contributed by atoms with Crippen LogP contribution in [0, 0.1) is 0 Å². The molecule has 3 heterocycles. The summed E-state index contributed by atoms with van der Waals surface area (Å²) in [6.45, 7) is 6.10. The normalized spacial score (nSPS) is 11.6. The third kappa shape index (κ3) is 2.68. The van der Waals surface area contributed by atoms with Crippen LogP contribution in [0.4, 0.5) is 5.82 Å². The molecule has 0 aliphatic carbocycles. The van der Waals surface area contributed by atoms with Gasteiger partial charge in [0.2, 0.25) is 5.88 Å². The zero-order valence-electron chi connectivity index (χ0n) is 13.2. The molecule has 6 heteroatoms. The third-order valence-corrected chi connectivity index (χ3v) is 3.45. The monoisotopic (exact) mass is 299 g/mol. The fraction of sp³-hybridized carbons (Fsp3) is 0.438. The van der Waals surface area contributed by atoms with Crippen molar-refractivity contribution >= 4 is 27.9 Å². The Morgan fingerprint density at radius 1 is 1.18 bits per heavy atom. The van der Waals surface area contributed by atoms with E-state index in [1.165, 1.54) is 0 Å². The van der Waals surface area contributed by atoms with Crippen LogP contribution in [0.1, 0.15) is 39.4 Å². The average molecular weight is 299 g/mol. The third-order valence-electron chi connectivity index (χ3n) is 3.45. The first kappa shape index (κ1) is 14.6. The number of ether oxygens (including phenoxy) is 1. The standard InChI is InChI=1S/C16H21N5O/c1-4-5-6-11-19-14-13-10(18-16(17)15(14)20-11)7-8-12(21-13)22-9(2)3/h7-9H,4-6H2,1-3H3,(H2,17,18)(H,19,20). The second kappa shape index (κ2) is 5.79. The molecule has 3 N–H and O–H groups in total. The molecule has 0 aromatic carbocycles. The molecular weight excluding hydrogens is 278 g/mol. The van der Waals surface area contributed by atoms with Gasteiger partial charge in [-0.25, -0.2) is 15.0 Å². The highest BCUT2D eigenvalue weighted by Gasteiger charge is 2.14. The molecule has 6 nitrogen and oxygen atoms in total. The summed E-state index contributed by atoms with van der Waals surface area (Å²) in [6, 6.07) is 3.68. The van der Waals surface area contributed by atoms with Gasteiger partial charge in [0.25, 0.3) is 0 Å². The zero-order valence-corrected chi connectivity index (χ0v) is 13.2. The minimum atomic E-state index is 0.0708. The number of imidazole rings is 1. The molecule has 0 amide bonds. The van der Waals surface area contributed by atoms with Gasteiger partial charge in [0.15, 0.2) is 0 Å². The number of aromatic nitrogens is 4. The van der Waals surface area contributed by atoms with Gasteiger partial charge in [-0.2, -0.15) is 0 Å². The van der Waals surface area contributed by atoms with Crippen LogP contribution in [0.3, 0.4) is 0 Å². The number of unbranched alkanes of at least 4 members (excludes halogenated alkanes) is 1. The molecule has 3 aromatic rings. The van der Waals surface area contributed by atoms with Crippen LogP contribution in [0.15, 0.2) is 12.1 Å². The molecule has 0 aliphatic heterocycles. The van der Waals surface area contributed by atoms with E-state index in [1.807, 2.05) is 26.0 Å². The van der Waals surface area contributed by atoms with Crippen LogP contribution in [0.2, 0.25) is 0 Å². The first-order chi connectivity index (χ1) is 10.6. The number of H-pyrrole nitrogens is 1. The van der Waals surface area contributed by atoms with Crippen LogP contribution in [-0.4, -0.2) is 26.0 Å². The van der Waals surface area contributed by atoms with E-state index < -0.39 is 0 Å². The number of nitrogens with zero attached hydrogens (tertiary/aromatic N) is 3. The molecule has 0 fully saturated rings. The molecule has 3 rings (SSSR count). The number of rotatable bonds is 5. The van der Waals surface area contributed by atoms with Crippen molar-refractivity contribution in [1.29, 1.82) is 0 Å². The number of fused-ring (bicyclic) bond motifs is 3. The SMILES string of the molecule is CCCCc1nc2c([nH]1)c(N)nc1ccc(OC(C)C)nc12. The molecule has 0 atom stereocenters. The quantitative estimate of drug-likeness (QED) is 0.755. The van der Waals surface area contributed by atoms with Crippen LogP contribution in [0.5, 0.6) is 5.88 Å². The first-order valence-electron chi connectivity index (χ1n) is 7.70. The number of nitrogens with one attached hydrogen (secondary N) is 1. The van der Waals surface area contributed by atoms with Crippen molar-refractivity contribution in [3.8, 4) is 5.88 Å². The maximum absolute atomic E-state index is 6.04. The second-order valence-corrected chi connectivity index (χ2v) is 5.69. The zero-order chi connectivity index (χ0) is 15.7. The summed E-state index contributed by atoms with van der Waals surface area (Å²) >= 11 is 0. The van der Waals surface area contributed by atoms with E-state index in [9.17, 15) is 0 Å². The van der Waals surface area contributed by atoms with Gasteiger partial charge in [-0.3, -0.25) is 0 Å². The van der Waals surface area contributed by atoms with Crippen LogP contribution < -0.4 is 10.5 Å². The Morgan fingerprint density at radius 2 is 2.00 bits per heavy atom. The van der Waals surface area contributed by atoms with Crippen LogP contribution in [-0.2, 0) is 6.42 Å². The van der Waals surface area contributed by atoms with Gasteiger partial charge in [-0.05, 0) is 26.3 Å². The van der Waals surface area contributed by atoms with E-state index in [4.69, 9.17) is 10.5 Å². The van der Waals surface area contributed by atoms with Gasteiger partial charge in [-0.1, -0.05) is 13.3 Å². The lowest BCUT2D eigenvalue weighted by Gasteiger charge is -2.09. The smallest absolute Gasteiger partial charge is 0.214 e. The molecule has 0 saturated carbocycles. The average Bonchev–Trinajstić information content (AvgIpc) is 2.90. The Hall–Kier alpha value is -2.37. The lowest BCUT2D eigenvalue weighted by Crippen LogP contribution is -2.07. The van der Waals surface area contributed by atoms with Gasteiger partial charge in [0, 0.05) is 12.5 Å². The fourth-order valence-electron chi connectivity index (χ4n) is 2.43. The lowest BCUT2D eigenvalue weighted by molar-refractivity contribution is 0.233. The first-order valence-corrected chi connectivity index (χ1v) is 7.70. The largest absolute Gasteiger partial charge is 0.475 e. The highest BCUT2D eigenvalue weighted by Crippen LogP contribution is 2.27. The molecule has 0 unspecified atom stereocenters. The second-order valence-electron chi connectivity index (χ2n) is 5.69. The predicted molar refractivity (Wildman–Crippen MR) is 88.0 cm³/mol. The number of aryl methyl sites for hydroxylation is 1. The summed E-state index contributed by atoms with van der Waals surface area (Å²) in [6.07, 6.45) is 3.17. The van der Waals surface area contributed by atoms with Gasteiger partial charge in [0.1, 0.15) is 28.2 Å². The molecule has 0 bridgehead atoms. The van der Waals surface area contributed by atoms with Crippen molar-refractivity contribution in [2.75, 3.05) is 5.73 Å². The molecule has 0 spiro atoms. The van der Waals surface area contributed by atoms with E-state index in [1.54, 1.807) is 0 Å². The summed E-state index contributed by atoms with van der Waals surface area (Å²) in [5, 5.41) is 0. The molecule has 0 aliphatic rings. The van der Waals surface area contributed by atoms with Crippen molar-refractivity contribution in [2.45, 2.75) is 46.1 Å². The van der Waals surface area contributed by atoms with Crippen molar-refractivity contribution in [1.82, 2.24) is 19.9 Å². The van der Waals surface area contributed by atoms with Crippen molar-refractivity contribution in [2.24, 2.45) is 0 Å². The van der Waals surface area contributed by atoms with Crippen molar-refractivity contribution in [3.63, 3.8) is 0 Å². The van der Waals surface area contributed by atoms with Crippen molar-refractivity contribution in [3.05, 3.63) is 18.0 Å².